The van der Waals surface area contributed by atoms with Crippen molar-refractivity contribution >= 4 is 11.6 Å². The number of nitrogens with one attached hydrogen (secondary N) is 2. The van der Waals surface area contributed by atoms with Crippen molar-refractivity contribution in [2.24, 2.45) is 0 Å². The van der Waals surface area contributed by atoms with Crippen LogP contribution in [0.15, 0.2) is 18.2 Å². The molecule has 0 aromatic heterocycles. The summed E-state index contributed by atoms with van der Waals surface area (Å²) in [5.74, 6) is -0.325. The molecule has 0 spiro atoms. The van der Waals surface area contributed by atoms with Crippen LogP contribution in [-0.2, 0) is 11.0 Å². The third-order valence-corrected chi connectivity index (χ3v) is 2.97. The van der Waals surface area contributed by atoms with Crippen LogP contribution in [0, 0.1) is 6.92 Å². The van der Waals surface area contributed by atoms with Gasteiger partial charge >= 0.3 is 6.18 Å². The Hall–Kier alpha value is -1.56. The zero-order valence-corrected chi connectivity index (χ0v) is 10.5. The first-order valence-corrected chi connectivity index (χ1v) is 6.07. The Morgan fingerprint density at radius 3 is 2.63 bits per heavy atom. The van der Waals surface area contributed by atoms with Crippen molar-refractivity contribution in [1.82, 2.24) is 5.32 Å². The van der Waals surface area contributed by atoms with Crippen LogP contribution >= 0.6 is 0 Å². The molecule has 0 radical (unpaired) electrons. The number of carbonyl (C=O) groups excluding carboxylic acids is 1. The van der Waals surface area contributed by atoms with Crippen LogP contribution in [0.25, 0.3) is 0 Å². The number of aryl methyl sites for hydroxylation is 1. The molecule has 0 bridgehead atoms. The van der Waals surface area contributed by atoms with E-state index in [1.807, 2.05) is 0 Å². The predicted molar refractivity (Wildman–Crippen MR) is 65.8 cm³/mol. The van der Waals surface area contributed by atoms with E-state index in [9.17, 15) is 18.0 Å². The fourth-order valence-electron chi connectivity index (χ4n) is 1.65. The summed E-state index contributed by atoms with van der Waals surface area (Å²) in [6.07, 6.45) is -2.30. The van der Waals surface area contributed by atoms with E-state index in [2.05, 4.69) is 10.6 Å². The van der Waals surface area contributed by atoms with E-state index in [1.54, 1.807) is 6.92 Å². The highest BCUT2D eigenvalue weighted by molar-refractivity contribution is 5.93. The van der Waals surface area contributed by atoms with Crippen molar-refractivity contribution < 1.29 is 18.0 Å². The molecule has 1 amide bonds. The third-order valence-electron chi connectivity index (χ3n) is 2.97. The van der Waals surface area contributed by atoms with E-state index in [0.717, 1.165) is 25.0 Å². The number of benzene rings is 1. The highest BCUT2D eigenvalue weighted by Gasteiger charge is 2.31. The molecule has 2 rings (SSSR count). The van der Waals surface area contributed by atoms with Crippen molar-refractivity contribution in [2.75, 3.05) is 11.9 Å². The standard InChI is InChI=1S/C13H15F3N2O/c1-8-2-3-9(13(14,15)16)6-11(8)18-12(19)7-17-10-4-5-10/h2-3,6,10,17H,4-5,7H2,1H3,(H,18,19). The minimum Gasteiger partial charge on any atom is -0.325 e. The lowest BCUT2D eigenvalue weighted by molar-refractivity contribution is -0.137. The van der Waals surface area contributed by atoms with Crippen LogP contribution in [0.3, 0.4) is 0 Å². The number of amides is 1. The summed E-state index contributed by atoms with van der Waals surface area (Å²) in [7, 11) is 0. The average molecular weight is 272 g/mol. The molecule has 0 heterocycles. The van der Waals surface area contributed by atoms with Gasteiger partial charge < -0.3 is 10.6 Å². The maximum Gasteiger partial charge on any atom is 0.416 e. The van der Waals surface area contributed by atoms with Crippen molar-refractivity contribution in [2.45, 2.75) is 32.0 Å². The first-order valence-electron chi connectivity index (χ1n) is 6.07. The Labute approximate surface area is 109 Å². The van der Waals surface area contributed by atoms with Gasteiger partial charge in [0.25, 0.3) is 0 Å². The van der Waals surface area contributed by atoms with Gasteiger partial charge in [0.2, 0.25) is 5.91 Å². The van der Waals surface area contributed by atoms with Crippen LogP contribution in [0.5, 0.6) is 0 Å². The summed E-state index contributed by atoms with van der Waals surface area (Å²) < 4.78 is 37.7. The second kappa shape index (κ2) is 5.21. The molecule has 0 aliphatic heterocycles. The highest BCUT2D eigenvalue weighted by Crippen LogP contribution is 2.32. The minimum atomic E-state index is -4.40. The van der Waals surface area contributed by atoms with Crippen molar-refractivity contribution in [3.8, 4) is 0 Å². The van der Waals surface area contributed by atoms with Crippen LogP contribution in [0.1, 0.15) is 24.0 Å². The maximum atomic E-state index is 12.6. The predicted octanol–water partition coefficient (Wildman–Crippen LogP) is 2.70. The third kappa shape index (κ3) is 3.96. The quantitative estimate of drug-likeness (QED) is 0.884. The Morgan fingerprint density at radius 1 is 1.37 bits per heavy atom. The van der Waals surface area contributed by atoms with E-state index < -0.39 is 11.7 Å². The fourth-order valence-corrected chi connectivity index (χ4v) is 1.65. The number of hydrogen-bond donors (Lipinski definition) is 2. The molecule has 1 aromatic carbocycles. The molecule has 104 valence electrons. The Balaban J connectivity index is 2.03. The zero-order chi connectivity index (χ0) is 14.0. The first kappa shape index (κ1) is 13.9. The van der Waals surface area contributed by atoms with Crippen LogP contribution < -0.4 is 10.6 Å². The largest absolute Gasteiger partial charge is 0.416 e. The molecule has 0 saturated heterocycles. The zero-order valence-electron chi connectivity index (χ0n) is 10.5. The lowest BCUT2D eigenvalue weighted by Crippen LogP contribution is -2.29. The number of carbonyl (C=O) groups is 1. The maximum absolute atomic E-state index is 12.6. The highest BCUT2D eigenvalue weighted by atomic mass is 19.4. The molecule has 0 unspecified atom stereocenters. The Bertz CT molecular complexity index is 481. The van der Waals surface area contributed by atoms with E-state index in [4.69, 9.17) is 0 Å². The monoisotopic (exact) mass is 272 g/mol. The summed E-state index contributed by atoms with van der Waals surface area (Å²) in [6, 6.07) is 3.71. The number of halogens is 3. The van der Waals surface area contributed by atoms with Gasteiger partial charge in [0, 0.05) is 11.7 Å². The average Bonchev–Trinajstić information content (AvgIpc) is 3.12. The van der Waals surface area contributed by atoms with E-state index in [-0.39, 0.29) is 18.1 Å². The van der Waals surface area contributed by atoms with Gasteiger partial charge in [0.05, 0.1) is 12.1 Å². The van der Waals surface area contributed by atoms with E-state index in [0.29, 0.717) is 11.6 Å². The van der Waals surface area contributed by atoms with E-state index in [1.165, 1.54) is 6.07 Å². The lowest BCUT2D eigenvalue weighted by atomic mass is 10.1. The van der Waals surface area contributed by atoms with Crippen molar-refractivity contribution in [1.29, 1.82) is 0 Å². The van der Waals surface area contributed by atoms with Gasteiger partial charge in [0.1, 0.15) is 0 Å². The molecular formula is C13H15F3N2O. The number of hydrogen-bond acceptors (Lipinski definition) is 2. The molecule has 3 nitrogen and oxygen atoms in total. The van der Waals surface area contributed by atoms with Gasteiger partial charge in [-0.25, -0.2) is 0 Å². The van der Waals surface area contributed by atoms with Crippen molar-refractivity contribution in [3.05, 3.63) is 29.3 Å². The minimum absolute atomic E-state index is 0.125. The molecule has 1 aliphatic carbocycles. The van der Waals surface area contributed by atoms with E-state index >= 15 is 0 Å². The normalized spacial score (nSPS) is 15.4. The number of rotatable bonds is 4. The second-order valence-electron chi connectivity index (χ2n) is 4.73. The summed E-state index contributed by atoms with van der Waals surface area (Å²) >= 11 is 0. The number of alkyl halides is 3. The van der Waals surface area contributed by atoms with Gasteiger partial charge in [-0.1, -0.05) is 6.07 Å². The lowest BCUT2D eigenvalue weighted by Gasteiger charge is -2.12. The Kier molecular flexibility index (Phi) is 3.80. The molecule has 0 atom stereocenters. The molecular weight excluding hydrogens is 257 g/mol. The molecule has 1 fully saturated rings. The van der Waals surface area contributed by atoms with Crippen LogP contribution in [0.2, 0.25) is 0 Å². The van der Waals surface area contributed by atoms with Crippen molar-refractivity contribution in [3.63, 3.8) is 0 Å². The van der Waals surface area contributed by atoms with Gasteiger partial charge in [-0.2, -0.15) is 13.2 Å². The van der Waals surface area contributed by atoms with Gasteiger partial charge in [-0.05, 0) is 37.5 Å². The molecule has 1 saturated carbocycles. The smallest absolute Gasteiger partial charge is 0.325 e. The molecule has 2 N–H and O–H groups in total. The topological polar surface area (TPSA) is 41.1 Å². The Morgan fingerprint density at radius 2 is 2.05 bits per heavy atom. The number of anilines is 1. The van der Waals surface area contributed by atoms with Gasteiger partial charge in [0.15, 0.2) is 0 Å². The molecule has 1 aromatic rings. The first-order chi connectivity index (χ1) is 8.86. The SMILES string of the molecule is Cc1ccc(C(F)(F)F)cc1NC(=O)CNC1CC1. The summed E-state index contributed by atoms with van der Waals surface area (Å²) in [4.78, 5) is 11.6. The molecule has 6 heteroatoms. The molecule has 19 heavy (non-hydrogen) atoms. The fraction of sp³-hybridized carbons (Fsp3) is 0.462. The summed E-state index contributed by atoms with van der Waals surface area (Å²) in [6.45, 7) is 1.78. The summed E-state index contributed by atoms with van der Waals surface area (Å²) in [5, 5.41) is 5.51. The van der Waals surface area contributed by atoms with Crippen LogP contribution in [-0.4, -0.2) is 18.5 Å². The van der Waals surface area contributed by atoms with Gasteiger partial charge in [-0.3, -0.25) is 4.79 Å². The second-order valence-corrected chi connectivity index (χ2v) is 4.73. The summed E-state index contributed by atoms with van der Waals surface area (Å²) in [5.41, 5.74) is 0.0498. The van der Waals surface area contributed by atoms with Gasteiger partial charge in [-0.15, -0.1) is 0 Å². The molecule has 1 aliphatic rings. The van der Waals surface area contributed by atoms with Crippen LogP contribution in [0.4, 0.5) is 18.9 Å².